The highest BCUT2D eigenvalue weighted by molar-refractivity contribution is 6.07. The summed E-state index contributed by atoms with van der Waals surface area (Å²) in [7, 11) is 1.50. The maximum Gasteiger partial charge on any atom is 0.433 e. The predicted molar refractivity (Wildman–Crippen MR) is 88.8 cm³/mol. The maximum atomic E-state index is 13.0. The van der Waals surface area contributed by atoms with Gasteiger partial charge in [0, 0.05) is 12.7 Å². The summed E-state index contributed by atoms with van der Waals surface area (Å²) in [5.41, 5.74) is 1.19. The molecule has 0 aliphatic heterocycles. The summed E-state index contributed by atoms with van der Waals surface area (Å²) < 4.78 is 39.1. The zero-order chi connectivity index (χ0) is 18.6. The van der Waals surface area contributed by atoms with Crippen LogP contribution in [0.25, 0.3) is 0 Å². The van der Waals surface area contributed by atoms with Crippen molar-refractivity contribution >= 4 is 11.6 Å². The van der Waals surface area contributed by atoms with Gasteiger partial charge in [-0.3, -0.25) is 9.89 Å². The van der Waals surface area contributed by atoms with Gasteiger partial charge in [0.2, 0.25) is 0 Å². The molecule has 1 atom stereocenters. The molecule has 1 heterocycles. The molecule has 1 aliphatic carbocycles. The van der Waals surface area contributed by atoms with Crippen LogP contribution in [-0.2, 0) is 11.6 Å². The van der Waals surface area contributed by atoms with E-state index in [4.69, 9.17) is 0 Å². The number of aromatic amines is 1. The zero-order valence-corrected chi connectivity index (χ0v) is 14.5. The first kappa shape index (κ1) is 17.5. The number of rotatable bonds is 2. The minimum Gasteiger partial charge on any atom is -0.311 e. The summed E-state index contributed by atoms with van der Waals surface area (Å²) in [6.07, 6.45) is -2.80. The third-order valence-corrected chi connectivity index (χ3v) is 4.94. The summed E-state index contributed by atoms with van der Waals surface area (Å²) in [6.45, 7) is 6.35. The lowest BCUT2D eigenvalue weighted by molar-refractivity contribution is -0.141. The number of alkyl halides is 3. The van der Waals surface area contributed by atoms with Gasteiger partial charge in [-0.1, -0.05) is 32.9 Å². The van der Waals surface area contributed by atoms with Gasteiger partial charge in [-0.05, 0) is 34.9 Å². The molecule has 1 aromatic heterocycles. The first-order valence-corrected chi connectivity index (χ1v) is 8.06. The fourth-order valence-electron chi connectivity index (χ4n) is 3.89. The number of nitrogens with one attached hydrogen (secondary N) is 1. The number of nitrogens with zero attached hydrogens (tertiary/aromatic N) is 2. The van der Waals surface area contributed by atoms with Gasteiger partial charge in [-0.25, -0.2) is 0 Å². The maximum absolute atomic E-state index is 13.0. The highest BCUT2D eigenvalue weighted by atomic mass is 19.4. The SMILES string of the molecule is C[C@H]1CC(C)(C)c2cccc(N(C)C(=O)c3cn[nH]c3C(F)(F)F)c21. The monoisotopic (exact) mass is 351 g/mol. The molecule has 0 saturated carbocycles. The standard InChI is InChI=1S/C18H20F3N3O/c1-10-8-17(2,3)12-6-5-7-13(14(10)12)24(4)16(25)11-9-22-23-15(11)18(19,20)21/h5-7,9-10H,8H2,1-4H3,(H,22,23)/t10-/m0/s1. The van der Waals surface area contributed by atoms with Crippen molar-refractivity contribution < 1.29 is 18.0 Å². The fraction of sp³-hybridized carbons (Fsp3) is 0.444. The zero-order valence-electron chi connectivity index (χ0n) is 14.5. The van der Waals surface area contributed by atoms with Crippen LogP contribution in [0.15, 0.2) is 24.4 Å². The lowest BCUT2D eigenvalue weighted by Crippen LogP contribution is -2.29. The molecule has 1 N–H and O–H groups in total. The molecule has 0 unspecified atom stereocenters. The van der Waals surface area contributed by atoms with E-state index in [0.717, 1.165) is 23.7 Å². The number of anilines is 1. The van der Waals surface area contributed by atoms with E-state index in [1.165, 1.54) is 11.9 Å². The van der Waals surface area contributed by atoms with Crippen LogP contribution < -0.4 is 4.90 Å². The van der Waals surface area contributed by atoms with E-state index < -0.39 is 23.3 Å². The lowest BCUT2D eigenvalue weighted by atomic mass is 9.86. The molecular formula is C18H20F3N3O. The van der Waals surface area contributed by atoms with Crippen molar-refractivity contribution in [1.29, 1.82) is 0 Å². The number of hydrogen-bond acceptors (Lipinski definition) is 2. The average Bonchev–Trinajstić information content (AvgIpc) is 3.09. The van der Waals surface area contributed by atoms with Crippen molar-refractivity contribution in [2.75, 3.05) is 11.9 Å². The van der Waals surface area contributed by atoms with Crippen LogP contribution in [-0.4, -0.2) is 23.2 Å². The molecule has 2 aromatic rings. The summed E-state index contributed by atoms with van der Waals surface area (Å²) in [5.74, 6) is -0.505. The van der Waals surface area contributed by atoms with E-state index in [2.05, 4.69) is 25.9 Å². The second kappa shape index (κ2) is 5.61. The number of hydrogen-bond donors (Lipinski definition) is 1. The Kier molecular flexibility index (Phi) is 3.93. The molecule has 1 amide bonds. The number of carbonyl (C=O) groups excluding carboxylic acids is 1. The Morgan fingerprint density at radius 2 is 2.04 bits per heavy atom. The minimum absolute atomic E-state index is 0.0264. The van der Waals surface area contributed by atoms with E-state index in [1.54, 1.807) is 6.07 Å². The molecule has 3 rings (SSSR count). The Hall–Kier alpha value is -2.31. The van der Waals surface area contributed by atoms with Crippen LogP contribution in [0.3, 0.4) is 0 Å². The van der Waals surface area contributed by atoms with Crippen molar-refractivity contribution in [3.05, 3.63) is 46.8 Å². The van der Waals surface area contributed by atoms with Crippen LogP contribution in [0.5, 0.6) is 0 Å². The third-order valence-electron chi connectivity index (χ3n) is 4.94. The molecule has 0 radical (unpaired) electrons. The Morgan fingerprint density at radius 1 is 1.36 bits per heavy atom. The van der Waals surface area contributed by atoms with Crippen molar-refractivity contribution in [3.8, 4) is 0 Å². The van der Waals surface area contributed by atoms with Gasteiger partial charge in [-0.2, -0.15) is 18.3 Å². The quantitative estimate of drug-likeness (QED) is 0.867. The predicted octanol–water partition coefficient (Wildman–Crippen LogP) is 4.49. The van der Waals surface area contributed by atoms with Crippen LogP contribution in [0, 0.1) is 0 Å². The lowest BCUT2D eigenvalue weighted by Gasteiger charge is -2.23. The number of halogens is 3. The summed E-state index contributed by atoms with van der Waals surface area (Å²) >= 11 is 0. The molecule has 0 saturated heterocycles. The molecular weight excluding hydrogens is 331 g/mol. The smallest absolute Gasteiger partial charge is 0.311 e. The second-order valence-electron chi connectivity index (χ2n) is 7.25. The Morgan fingerprint density at radius 3 is 2.68 bits per heavy atom. The molecule has 0 spiro atoms. The largest absolute Gasteiger partial charge is 0.433 e. The van der Waals surface area contributed by atoms with Crippen molar-refractivity contribution in [2.45, 2.75) is 44.7 Å². The van der Waals surface area contributed by atoms with Crippen molar-refractivity contribution in [1.82, 2.24) is 10.2 Å². The molecule has 4 nitrogen and oxygen atoms in total. The molecule has 134 valence electrons. The van der Waals surface area contributed by atoms with Crippen molar-refractivity contribution in [3.63, 3.8) is 0 Å². The average molecular weight is 351 g/mol. The van der Waals surface area contributed by atoms with Gasteiger partial charge in [0.05, 0.1) is 11.8 Å². The van der Waals surface area contributed by atoms with Gasteiger partial charge in [0.25, 0.3) is 5.91 Å². The van der Waals surface area contributed by atoms with Gasteiger partial charge < -0.3 is 4.90 Å². The van der Waals surface area contributed by atoms with Crippen LogP contribution in [0.4, 0.5) is 18.9 Å². The number of H-pyrrole nitrogens is 1. The van der Waals surface area contributed by atoms with E-state index in [0.29, 0.717) is 5.69 Å². The number of carbonyl (C=O) groups is 1. The van der Waals surface area contributed by atoms with Crippen LogP contribution >= 0.6 is 0 Å². The van der Waals surface area contributed by atoms with E-state index in [9.17, 15) is 18.0 Å². The fourth-order valence-corrected chi connectivity index (χ4v) is 3.89. The molecule has 1 aromatic carbocycles. The van der Waals surface area contributed by atoms with Gasteiger partial charge in [-0.15, -0.1) is 0 Å². The number of benzene rings is 1. The number of amides is 1. The summed E-state index contributed by atoms with van der Waals surface area (Å²) in [4.78, 5) is 14.0. The Bertz CT molecular complexity index is 823. The molecule has 25 heavy (non-hydrogen) atoms. The highest BCUT2D eigenvalue weighted by Gasteiger charge is 2.40. The molecule has 0 fully saturated rings. The molecule has 1 aliphatic rings. The van der Waals surface area contributed by atoms with Crippen molar-refractivity contribution in [2.24, 2.45) is 0 Å². The molecule has 0 bridgehead atoms. The van der Waals surface area contributed by atoms with Gasteiger partial charge in [0.1, 0.15) is 0 Å². The first-order chi connectivity index (χ1) is 11.5. The van der Waals surface area contributed by atoms with E-state index in [1.807, 2.05) is 17.2 Å². The topological polar surface area (TPSA) is 49.0 Å². The van der Waals surface area contributed by atoms with E-state index >= 15 is 0 Å². The number of fused-ring (bicyclic) bond motifs is 1. The molecule has 7 heteroatoms. The second-order valence-corrected chi connectivity index (χ2v) is 7.25. The van der Waals surface area contributed by atoms with Gasteiger partial charge in [0.15, 0.2) is 5.69 Å². The summed E-state index contributed by atoms with van der Waals surface area (Å²) in [5, 5.41) is 5.29. The number of aromatic nitrogens is 2. The van der Waals surface area contributed by atoms with Crippen LogP contribution in [0.2, 0.25) is 0 Å². The highest BCUT2D eigenvalue weighted by Crippen LogP contribution is 2.49. The van der Waals surface area contributed by atoms with Gasteiger partial charge >= 0.3 is 6.18 Å². The Labute approximate surface area is 144 Å². The van der Waals surface area contributed by atoms with Crippen LogP contribution in [0.1, 0.15) is 60.3 Å². The Balaban J connectivity index is 2.04. The summed E-state index contributed by atoms with van der Waals surface area (Å²) in [6, 6.07) is 5.65. The first-order valence-electron chi connectivity index (χ1n) is 8.06. The van der Waals surface area contributed by atoms with E-state index in [-0.39, 0.29) is 11.3 Å². The normalized spacial score (nSPS) is 18.9. The minimum atomic E-state index is -4.66. The third kappa shape index (κ3) is 2.81.